The molecule has 90 valence electrons. The van der Waals surface area contributed by atoms with Crippen LogP contribution in [0.1, 0.15) is 5.56 Å². The van der Waals surface area contributed by atoms with E-state index >= 15 is 0 Å². The molecule has 1 aromatic carbocycles. The molecule has 0 aliphatic carbocycles. The number of ether oxygens (including phenoxy) is 2. The van der Waals surface area contributed by atoms with Gasteiger partial charge in [-0.2, -0.15) is 0 Å². The summed E-state index contributed by atoms with van der Waals surface area (Å²) in [6.45, 7) is 5.49. The van der Waals surface area contributed by atoms with E-state index in [-0.39, 0.29) is 0 Å². The van der Waals surface area contributed by atoms with Crippen LogP contribution in [0.15, 0.2) is 22.7 Å². The highest BCUT2D eigenvalue weighted by Crippen LogP contribution is 2.25. The zero-order valence-electron chi connectivity index (χ0n) is 9.83. The lowest BCUT2D eigenvalue weighted by molar-refractivity contribution is -0.656. The molecule has 16 heavy (non-hydrogen) atoms. The minimum Gasteiger partial charge on any atom is -0.487 e. The summed E-state index contributed by atoms with van der Waals surface area (Å²) in [6, 6.07) is 6.10. The Labute approximate surface area is 105 Å². The standard InChI is InChI=1S/C12H18BrNO2/c1-10-3-4-12(11(13)9-10)16-8-6-14-5-7-15-2/h3-4,9,14H,5-8H2,1-2H3/p+1. The molecule has 0 atom stereocenters. The highest BCUT2D eigenvalue weighted by Gasteiger charge is 2.01. The molecule has 2 N–H and O–H groups in total. The molecule has 0 spiro atoms. The molecule has 4 heteroatoms. The van der Waals surface area contributed by atoms with E-state index in [1.165, 1.54) is 5.56 Å². The smallest absolute Gasteiger partial charge is 0.137 e. The van der Waals surface area contributed by atoms with Crippen LogP contribution in [0.4, 0.5) is 0 Å². The van der Waals surface area contributed by atoms with Crippen molar-refractivity contribution in [2.45, 2.75) is 6.92 Å². The van der Waals surface area contributed by atoms with E-state index in [0.717, 1.165) is 29.9 Å². The number of hydrogen-bond donors (Lipinski definition) is 1. The van der Waals surface area contributed by atoms with Gasteiger partial charge in [0, 0.05) is 7.11 Å². The van der Waals surface area contributed by atoms with Gasteiger partial charge in [-0.25, -0.2) is 0 Å². The second-order valence-electron chi connectivity index (χ2n) is 3.64. The fraction of sp³-hybridized carbons (Fsp3) is 0.500. The Hall–Kier alpha value is -0.580. The Balaban J connectivity index is 2.21. The summed E-state index contributed by atoms with van der Waals surface area (Å²) in [5, 5.41) is 2.19. The molecule has 3 nitrogen and oxygen atoms in total. The number of nitrogens with two attached hydrogens (primary N) is 1. The van der Waals surface area contributed by atoms with E-state index < -0.39 is 0 Å². The fourth-order valence-corrected chi connectivity index (χ4v) is 1.93. The van der Waals surface area contributed by atoms with E-state index in [1.54, 1.807) is 7.11 Å². The van der Waals surface area contributed by atoms with Gasteiger partial charge < -0.3 is 14.8 Å². The van der Waals surface area contributed by atoms with E-state index in [4.69, 9.17) is 9.47 Å². The predicted molar refractivity (Wildman–Crippen MR) is 67.9 cm³/mol. The van der Waals surface area contributed by atoms with Gasteiger partial charge in [-0.15, -0.1) is 0 Å². The fourth-order valence-electron chi connectivity index (χ4n) is 1.32. The van der Waals surface area contributed by atoms with Crippen molar-refractivity contribution in [2.24, 2.45) is 0 Å². The molecule has 0 aliphatic heterocycles. The van der Waals surface area contributed by atoms with Crippen molar-refractivity contribution in [2.75, 3.05) is 33.4 Å². The molecule has 0 bridgehead atoms. The number of aryl methyl sites for hydroxylation is 1. The molecule has 0 saturated heterocycles. The molecular weight excluding hydrogens is 270 g/mol. The monoisotopic (exact) mass is 288 g/mol. The van der Waals surface area contributed by atoms with Gasteiger partial charge in [0.15, 0.2) is 0 Å². The first-order chi connectivity index (χ1) is 7.74. The van der Waals surface area contributed by atoms with Crippen LogP contribution < -0.4 is 10.1 Å². The van der Waals surface area contributed by atoms with Crippen molar-refractivity contribution >= 4 is 15.9 Å². The Morgan fingerprint density at radius 3 is 2.69 bits per heavy atom. The normalized spacial score (nSPS) is 10.4. The lowest BCUT2D eigenvalue weighted by Gasteiger charge is -2.08. The summed E-state index contributed by atoms with van der Waals surface area (Å²) in [5.74, 6) is 0.908. The summed E-state index contributed by atoms with van der Waals surface area (Å²) in [7, 11) is 1.72. The van der Waals surface area contributed by atoms with Crippen molar-refractivity contribution in [3.63, 3.8) is 0 Å². The maximum absolute atomic E-state index is 5.65. The molecule has 0 amide bonds. The Bertz CT molecular complexity index is 318. The van der Waals surface area contributed by atoms with Gasteiger partial charge in [-0.1, -0.05) is 6.07 Å². The topological polar surface area (TPSA) is 35.1 Å². The second-order valence-corrected chi connectivity index (χ2v) is 4.50. The molecule has 0 aliphatic rings. The first-order valence-electron chi connectivity index (χ1n) is 5.43. The predicted octanol–water partition coefficient (Wildman–Crippen LogP) is 1.35. The Morgan fingerprint density at radius 2 is 2.00 bits per heavy atom. The molecule has 0 unspecified atom stereocenters. The van der Waals surface area contributed by atoms with Crippen LogP contribution in [0.2, 0.25) is 0 Å². The van der Waals surface area contributed by atoms with Gasteiger partial charge in [0.05, 0.1) is 17.6 Å². The van der Waals surface area contributed by atoms with Crippen molar-refractivity contribution in [1.82, 2.24) is 0 Å². The lowest BCUT2D eigenvalue weighted by Crippen LogP contribution is -2.86. The maximum Gasteiger partial charge on any atom is 0.137 e. The summed E-state index contributed by atoms with van der Waals surface area (Å²) in [5.41, 5.74) is 1.23. The van der Waals surface area contributed by atoms with Crippen LogP contribution in [-0.4, -0.2) is 33.4 Å². The number of benzene rings is 1. The quantitative estimate of drug-likeness (QED) is 0.769. The summed E-state index contributed by atoms with van der Waals surface area (Å²) in [4.78, 5) is 0. The van der Waals surface area contributed by atoms with Crippen molar-refractivity contribution in [1.29, 1.82) is 0 Å². The van der Waals surface area contributed by atoms with E-state index in [1.807, 2.05) is 6.07 Å². The minimum atomic E-state index is 0.714. The van der Waals surface area contributed by atoms with E-state index in [0.29, 0.717) is 6.61 Å². The van der Waals surface area contributed by atoms with Crippen LogP contribution in [0.3, 0.4) is 0 Å². The maximum atomic E-state index is 5.65. The number of hydrogen-bond acceptors (Lipinski definition) is 2. The first kappa shape index (κ1) is 13.5. The third kappa shape index (κ3) is 4.96. The van der Waals surface area contributed by atoms with Crippen LogP contribution >= 0.6 is 15.9 Å². The van der Waals surface area contributed by atoms with Crippen molar-refractivity contribution in [3.8, 4) is 5.75 Å². The molecular formula is C12H19BrNO2+. The highest BCUT2D eigenvalue weighted by molar-refractivity contribution is 9.10. The second kappa shape index (κ2) is 7.65. The minimum absolute atomic E-state index is 0.714. The molecule has 0 aromatic heterocycles. The number of quaternary nitrogens is 1. The Kier molecular flexibility index (Phi) is 6.45. The van der Waals surface area contributed by atoms with Gasteiger partial charge in [-0.05, 0) is 40.5 Å². The van der Waals surface area contributed by atoms with Crippen LogP contribution in [0.5, 0.6) is 5.75 Å². The van der Waals surface area contributed by atoms with E-state index in [9.17, 15) is 0 Å². The number of halogens is 1. The van der Waals surface area contributed by atoms with E-state index in [2.05, 4.69) is 40.3 Å². The summed E-state index contributed by atoms with van der Waals surface area (Å²) in [6.07, 6.45) is 0. The third-order valence-corrected chi connectivity index (χ3v) is 2.81. The molecule has 0 radical (unpaired) electrons. The van der Waals surface area contributed by atoms with Crippen LogP contribution in [0, 0.1) is 6.92 Å². The zero-order valence-corrected chi connectivity index (χ0v) is 11.4. The molecule has 0 fully saturated rings. The molecule has 0 heterocycles. The van der Waals surface area contributed by atoms with Gasteiger partial charge in [0.1, 0.15) is 18.9 Å². The van der Waals surface area contributed by atoms with Gasteiger partial charge in [0.2, 0.25) is 0 Å². The third-order valence-electron chi connectivity index (χ3n) is 2.19. The van der Waals surface area contributed by atoms with Crippen LogP contribution in [-0.2, 0) is 4.74 Å². The zero-order chi connectivity index (χ0) is 11.8. The van der Waals surface area contributed by atoms with Crippen molar-refractivity contribution < 1.29 is 14.8 Å². The molecule has 0 saturated carbocycles. The van der Waals surface area contributed by atoms with Gasteiger partial charge in [0.25, 0.3) is 0 Å². The van der Waals surface area contributed by atoms with Crippen molar-refractivity contribution in [3.05, 3.63) is 28.2 Å². The Morgan fingerprint density at radius 1 is 1.25 bits per heavy atom. The average Bonchev–Trinajstić information content (AvgIpc) is 2.26. The van der Waals surface area contributed by atoms with Gasteiger partial charge >= 0.3 is 0 Å². The SMILES string of the molecule is COCC[NH2+]CCOc1ccc(C)cc1Br. The average molecular weight is 289 g/mol. The van der Waals surface area contributed by atoms with Crippen LogP contribution in [0.25, 0.3) is 0 Å². The molecule has 1 rings (SSSR count). The largest absolute Gasteiger partial charge is 0.487 e. The lowest BCUT2D eigenvalue weighted by atomic mass is 10.2. The number of methoxy groups -OCH3 is 1. The number of rotatable bonds is 7. The highest BCUT2D eigenvalue weighted by atomic mass is 79.9. The van der Waals surface area contributed by atoms with Gasteiger partial charge in [-0.3, -0.25) is 0 Å². The molecule has 1 aromatic rings. The summed E-state index contributed by atoms with van der Waals surface area (Å²) < 4.78 is 11.6. The first-order valence-corrected chi connectivity index (χ1v) is 6.23. The summed E-state index contributed by atoms with van der Waals surface area (Å²) >= 11 is 3.49.